The Morgan fingerprint density at radius 3 is 2.89 bits per heavy atom. The largest absolute Gasteiger partial charge is 0.378 e. The van der Waals surface area contributed by atoms with E-state index >= 15 is 0 Å². The highest BCUT2D eigenvalue weighted by atomic mass is 35.5. The summed E-state index contributed by atoms with van der Waals surface area (Å²) in [7, 11) is 0. The van der Waals surface area contributed by atoms with Gasteiger partial charge in [0.25, 0.3) is 0 Å². The molecule has 3 rings (SSSR count). The molecule has 27 heavy (non-hydrogen) atoms. The fraction of sp³-hybridized carbons (Fsp3) is 0.389. The number of amides is 1. The second-order valence-corrected chi connectivity index (χ2v) is 6.46. The van der Waals surface area contributed by atoms with Crippen LogP contribution in [-0.4, -0.2) is 55.5 Å². The zero-order chi connectivity index (χ0) is 19.1. The summed E-state index contributed by atoms with van der Waals surface area (Å²) in [5.74, 6) is -0.145. The Morgan fingerprint density at radius 2 is 2.11 bits per heavy atom. The first-order valence-corrected chi connectivity index (χ1v) is 9.10. The third-order valence-corrected chi connectivity index (χ3v) is 4.52. The van der Waals surface area contributed by atoms with Crippen LogP contribution in [0.2, 0.25) is 5.02 Å². The molecule has 1 saturated heterocycles. The Balaban J connectivity index is 1.44. The van der Waals surface area contributed by atoms with Crippen molar-refractivity contribution in [2.75, 3.05) is 49.6 Å². The number of halogens is 2. The van der Waals surface area contributed by atoms with Gasteiger partial charge < -0.3 is 20.3 Å². The lowest BCUT2D eigenvalue weighted by molar-refractivity contribution is -0.120. The molecule has 2 N–H and O–H groups in total. The van der Waals surface area contributed by atoms with Gasteiger partial charge in [-0.3, -0.25) is 4.79 Å². The molecule has 2 heterocycles. The summed E-state index contributed by atoms with van der Waals surface area (Å²) in [5.41, 5.74) is 1.18. The van der Waals surface area contributed by atoms with Crippen LogP contribution in [0.4, 0.5) is 15.9 Å². The maximum absolute atomic E-state index is 13.7. The highest BCUT2D eigenvalue weighted by Gasteiger charge is 2.13. The number of morpholine rings is 1. The Morgan fingerprint density at radius 1 is 1.30 bits per heavy atom. The maximum atomic E-state index is 13.7. The smallest absolute Gasteiger partial charge is 0.224 e. The van der Waals surface area contributed by atoms with Gasteiger partial charge in [-0.1, -0.05) is 17.7 Å². The standard InChI is InChI=1S/C18H21ClFN5O2/c19-15-2-1-3-16(20)14(15)11-18(26)22-5-4-21-17-10-13(12-23-24-17)25-6-8-27-9-7-25/h1-3,10,12H,4-9,11H2,(H,21,24)(H,22,26). The van der Waals surface area contributed by atoms with Crippen molar-refractivity contribution < 1.29 is 13.9 Å². The van der Waals surface area contributed by atoms with E-state index in [2.05, 4.69) is 25.7 Å². The molecule has 0 bridgehead atoms. The van der Waals surface area contributed by atoms with E-state index in [9.17, 15) is 9.18 Å². The van der Waals surface area contributed by atoms with Crippen molar-refractivity contribution in [3.05, 3.63) is 46.9 Å². The quantitative estimate of drug-likeness (QED) is 0.699. The van der Waals surface area contributed by atoms with Crippen LogP contribution in [-0.2, 0) is 16.0 Å². The Hall–Kier alpha value is -2.45. The van der Waals surface area contributed by atoms with Crippen molar-refractivity contribution in [3.8, 4) is 0 Å². The van der Waals surface area contributed by atoms with Crippen LogP contribution >= 0.6 is 11.6 Å². The van der Waals surface area contributed by atoms with E-state index in [-0.39, 0.29) is 22.9 Å². The molecule has 0 saturated carbocycles. The zero-order valence-electron chi connectivity index (χ0n) is 14.8. The van der Waals surface area contributed by atoms with Crippen molar-refractivity contribution >= 4 is 29.0 Å². The number of ether oxygens (including phenoxy) is 1. The molecule has 1 fully saturated rings. The van der Waals surface area contributed by atoms with Gasteiger partial charge in [0.15, 0.2) is 5.82 Å². The summed E-state index contributed by atoms with van der Waals surface area (Å²) in [5, 5.41) is 14.2. The fourth-order valence-corrected chi connectivity index (χ4v) is 2.98. The van der Waals surface area contributed by atoms with E-state index in [0.29, 0.717) is 32.1 Å². The molecule has 1 aromatic carbocycles. The third-order valence-electron chi connectivity index (χ3n) is 4.17. The lowest BCUT2D eigenvalue weighted by atomic mass is 10.1. The molecule has 0 unspecified atom stereocenters. The number of hydrogen-bond donors (Lipinski definition) is 2. The third kappa shape index (κ3) is 5.51. The summed E-state index contributed by atoms with van der Waals surface area (Å²) in [4.78, 5) is 14.2. The zero-order valence-corrected chi connectivity index (χ0v) is 15.5. The van der Waals surface area contributed by atoms with E-state index in [1.807, 2.05) is 6.07 Å². The van der Waals surface area contributed by atoms with Gasteiger partial charge >= 0.3 is 0 Å². The van der Waals surface area contributed by atoms with Gasteiger partial charge in [-0.15, -0.1) is 5.10 Å². The predicted octanol–water partition coefficient (Wildman–Crippen LogP) is 1.88. The monoisotopic (exact) mass is 393 g/mol. The van der Waals surface area contributed by atoms with Crippen LogP contribution in [0, 0.1) is 5.82 Å². The first-order chi connectivity index (χ1) is 13.1. The van der Waals surface area contributed by atoms with Crippen LogP contribution in [0.3, 0.4) is 0 Å². The average Bonchev–Trinajstić information content (AvgIpc) is 2.69. The topological polar surface area (TPSA) is 79.4 Å². The minimum atomic E-state index is -0.481. The van der Waals surface area contributed by atoms with Crippen molar-refractivity contribution in [2.45, 2.75) is 6.42 Å². The second-order valence-electron chi connectivity index (χ2n) is 6.05. The number of benzene rings is 1. The van der Waals surface area contributed by atoms with Gasteiger partial charge in [-0.2, -0.15) is 5.10 Å². The number of carbonyl (C=O) groups is 1. The summed E-state index contributed by atoms with van der Waals surface area (Å²) in [6, 6.07) is 6.28. The van der Waals surface area contributed by atoms with E-state index in [0.717, 1.165) is 18.8 Å². The number of carbonyl (C=O) groups excluding carboxylic acids is 1. The molecule has 1 aromatic heterocycles. The van der Waals surface area contributed by atoms with E-state index < -0.39 is 5.82 Å². The minimum absolute atomic E-state index is 0.0994. The van der Waals surface area contributed by atoms with Crippen LogP contribution in [0.15, 0.2) is 30.5 Å². The molecule has 0 spiro atoms. The molecule has 0 atom stereocenters. The summed E-state index contributed by atoms with van der Waals surface area (Å²) in [6.45, 7) is 3.87. The number of aromatic nitrogens is 2. The lowest BCUT2D eigenvalue weighted by Gasteiger charge is -2.28. The molecule has 0 aliphatic carbocycles. The number of hydrogen-bond acceptors (Lipinski definition) is 6. The number of nitrogens with one attached hydrogen (secondary N) is 2. The molecule has 1 aliphatic heterocycles. The molecule has 9 heteroatoms. The number of anilines is 2. The predicted molar refractivity (Wildman–Crippen MR) is 102 cm³/mol. The highest BCUT2D eigenvalue weighted by molar-refractivity contribution is 6.31. The van der Waals surface area contributed by atoms with Gasteiger partial charge in [-0.25, -0.2) is 4.39 Å². The van der Waals surface area contributed by atoms with Crippen LogP contribution in [0.1, 0.15) is 5.56 Å². The van der Waals surface area contributed by atoms with Gasteiger partial charge in [-0.05, 0) is 12.1 Å². The first-order valence-electron chi connectivity index (χ1n) is 8.72. The van der Waals surface area contributed by atoms with Gasteiger partial charge in [0, 0.05) is 42.8 Å². The van der Waals surface area contributed by atoms with E-state index in [1.54, 1.807) is 12.3 Å². The molecule has 1 aliphatic rings. The van der Waals surface area contributed by atoms with Crippen LogP contribution in [0.25, 0.3) is 0 Å². The van der Waals surface area contributed by atoms with Gasteiger partial charge in [0.1, 0.15) is 5.82 Å². The summed E-state index contributed by atoms with van der Waals surface area (Å²) >= 11 is 5.93. The second kappa shape index (κ2) is 9.48. The Labute approximate surface area is 161 Å². The molecule has 0 radical (unpaired) electrons. The Kier molecular flexibility index (Phi) is 6.78. The van der Waals surface area contributed by atoms with E-state index in [4.69, 9.17) is 16.3 Å². The number of rotatable bonds is 7. The fourth-order valence-electron chi connectivity index (χ4n) is 2.75. The highest BCUT2D eigenvalue weighted by Crippen LogP contribution is 2.19. The van der Waals surface area contributed by atoms with Gasteiger partial charge in [0.2, 0.25) is 5.91 Å². The van der Waals surface area contributed by atoms with Crippen molar-refractivity contribution in [1.82, 2.24) is 15.5 Å². The Bertz CT molecular complexity index is 766. The average molecular weight is 394 g/mol. The van der Waals surface area contributed by atoms with Crippen LogP contribution < -0.4 is 15.5 Å². The normalized spacial score (nSPS) is 14.1. The SMILES string of the molecule is O=C(Cc1c(F)cccc1Cl)NCCNc1cc(N2CCOCC2)cnn1. The van der Waals surface area contributed by atoms with Crippen LogP contribution in [0.5, 0.6) is 0 Å². The van der Waals surface area contributed by atoms with Crippen molar-refractivity contribution in [3.63, 3.8) is 0 Å². The molecular formula is C18H21ClFN5O2. The summed E-state index contributed by atoms with van der Waals surface area (Å²) in [6.07, 6.45) is 1.62. The molecular weight excluding hydrogens is 373 g/mol. The molecule has 7 nitrogen and oxygen atoms in total. The molecule has 1 amide bonds. The van der Waals surface area contributed by atoms with E-state index in [1.165, 1.54) is 12.1 Å². The lowest BCUT2D eigenvalue weighted by Crippen LogP contribution is -2.36. The number of nitrogens with zero attached hydrogens (tertiary/aromatic N) is 3. The van der Waals surface area contributed by atoms with Crippen molar-refractivity contribution in [1.29, 1.82) is 0 Å². The summed E-state index contributed by atoms with van der Waals surface area (Å²) < 4.78 is 19.1. The molecule has 144 valence electrons. The molecule has 2 aromatic rings. The maximum Gasteiger partial charge on any atom is 0.224 e. The minimum Gasteiger partial charge on any atom is -0.378 e. The first kappa shape index (κ1) is 19.3. The van der Waals surface area contributed by atoms with Crippen molar-refractivity contribution in [2.24, 2.45) is 0 Å². The van der Waals surface area contributed by atoms with Gasteiger partial charge in [0.05, 0.1) is 31.5 Å².